The predicted octanol–water partition coefficient (Wildman–Crippen LogP) is -0.377. The van der Waals surface area contributed by atoms with Gasteiger partial charge in [-0.3, -0.25) is 4.79 Å². The van der Waals surface area contributed by atoms with Crippen LogP contribution in [0.1, 0.15) is 6.42 Å². The largest absolute Gasteiger partial charge is 0.297 e. The van der Waals surface area contributed by atoms with Gasteiger partial charge in [-0.2, -0.15) is 0 Å². The average Bonchev–Trinajstić information content (AvgIpc) is 1.59. The van der Waals surface area contributed by atoms with Gasteiger partial charge in [0.15, 0.2) is 15.6 Å². The molecule has 0 aliphatic heterocycles. The van der Waals surface area contributed by atoms with E-state index in [1.165, 1.54) is 0 Å². The minimum atomic E-state index is -3.19. The fourth-order valence-electron chi connectivity index (χ4n) is 0.457. The molecule has 0 spiro atoms. The lowest BCUT2D eigenvalue weighted by atomic mass is 10.3. The highest BCUT2D eigenvalue weighted by atomic mass is 32.2. The van der Waals surface area contributed by atoms with Gasteiger partial charge in [0.2, 0.25) is 0 Å². The maximum Gasteiger partial charge on any atom is 0.159 e. The summed E-state index contributed by atoms with van der Waals surface area (Å²) < 4.78 is 20.9. The molecule has 0 atom stereocenters. The van der Waals surface area contributed by atoms with Crippen molar-refractivity contribution in [1.82, 2.24) is 0 Å². The second-order valence-corrected chi connectivity index (χ2v) is 4.13. The minimum absolute atomic E-state index is 0.104. The first-order valence-electron chi connectivity index (χ1n) is 2.58. The Bertz CT molecular complexity index is 255. The number of hydrogen-bond acceptors (Lipinski definition) is 3. The maximum absolute atomic E-state index is 10.5. The van der Waals surface area contributed by atoms with Crippen LogP contribution in [0.4, 0.5) is 0 Å². The van der Waals surface area contributed by atoms with Crippen molar-refractivity contribution >= 4 is 15.6 Å². The molecule has 0 saturated heterocycles. The molecule has 0 radical (unpaired) electrons. The van der Waals surface area contributed by atoms with E-state index in [2.05, 4.69) is 5.92 Å². The molecule has 10 heavy (non-hydrogen) atoms. The van der Waals surface area contributed by atoms with Crippen LogP contribution in [0.2, 0.25) is 0 Å². The molecule has 0 rings (SSSR count). The molecule has 0 unspecified atom stereocenters. The smallest absolute Gasteiger partial charge is 0.159 e. The van der Waals surface area contributed by atoms with Crippen LogP contribution in [0.3, 0.4) is 0 Å². The third kappa shape index (κ3) is 5.32. The fraction of sp³-hybridized carbons (Fsp3) is 0.500. The quantitative estimate of drug-likeness (QED) is 0.529. The second kappa shape index (κ2) is 3.37. The Morgan fingerprint density at radius 1 is 1.60 bits per heavy atom. The van der Waals surface area contributed by atoms with Crippen LogP contribution in [-0.4, -0.2) is 26.2 Å². The van der Waals surface area contributed by atoms with Gasteiger partial charge in [-0.05, 0) is 0 Å². The zero-order valence-corrected chi connectivity index (χ0v) is 6.44. The Labute approximate surface area is 60.4 Å². The third-order valence-electron chi connectivity index (χ3n) is 0.722. The van der Waals surface area contributed by atoms with Gasteiger partial charge in [-0.1, -0.05) is 5.92 Å². The molecule has 0 aromatic carbocycles. The zero-order chi connectivity index (χ0) is 8.20. The van der Waals surface area contributed by atoms with Crippen LogP contribution in [0.25, 0.3) is 0 Å². The monoisotopic (exact) mass is 160 g/mol. The highest BCUT2D eigenvalue weighted by Gasteiger charge is 2.08. The summed E-state index contributed by atoms with van der Waals surface area (Å²) in [5.41, 5.74) is 0. The number of carbonyl (C=O) groups is 1. The molecule has 0 saturated carbocycles. The molecule has 3 nitrogen and oxygen atoms in total. The molecule has 0 aliphatic carbocycles. The van der Waals surface area contributed by atoms with E-state index in [0.717, 1.165) is 6.26 Å². The summed E-state index contributed by atoms with van der Waals surface area (Å²) in [6.45, 7) is 0. The lowest BCUT2D eigenvalue weighted by molar-refractivity contribution is -0.115. The summed E-state index contributed by atoms with van der Waals surface area (Å²) in [5.74, 6) is 1.20. The predicted molar refractivity (Wildman–Crippen MR) is 38.2 cm³/mol. The van der Waals surface area contributed by atoms with E-state index in [1.54, 1.807) is 0 Å². The zero-order valence-electron chi connectivity index (χ0n) is 5.62. The average molecular weight is 160 g/mol. The van der Waals surface area contributed by atoms with Gasteiger partial charge in [-0.15, -0.1) is 6.42 Å². The number of sulfone groups is 1. The number of rotatable bonds is 3. The maximum atomic E-state index is 10.5. The topological polar surface area (TPSA) is 51.2 Å². The summed E-state index contributed by atoms with van der Waals surface area (Å²) >= 11 is 0. The number of hydrogen-bond donors (Lipinski definition) is 0. The van der Waals surface area contributed by atoms with Crippen LogP contribution in [0, 0.1) is 12.3 Å². The van der Waals surface area contributed by atoms with Crippen LogP contribution in [-0.2, 0) is 14.6 Å². The number of terminal acetylenes is 1. The van der Waals surface area contributed by atoms with E-state index in [4.69, 9.17) is 6.42 Å². The van der Waals surface area contributed by atoms with Crippen LogP contribution >= 0.6 is 0 Å². The van der Waals surface area contributed by atoms with Gasteiger partial charge in [-0.25, -0.2) is 8.42 Å². The first kappa shape index (κ1) is 9.18. The molecule has 0 aliphatic rings. The van der Waals surface area contributed by atoms with Crippen molar-refractivity contribution in [2.24, 2.45) is 0 Å². The Kier molecular flexibility index (Phi) is 3.10. The third-order valence-corrected chi connectivity index (χ3v) is 1.57. The highest BCUT2D eigenvalue weighted by Crippen LogP contribution is 1.87. The standard InChI is InChI=1S/C6H8O3S/c1-3-4-6(7)5-10(2,8)9/h1H,4-5H2,2H3. The van der Waals surface area contributed by atoms with Crippen molar-refractivity contribution in [1.29, 1.82) is 0 Å². The molecule has 0 heterocycles. The van der Waals surface area contributed by atoms with E-state index in [0.29, 0.717) is 0 Å². The number of Topliss-reactive ketones (excluding diaryl/α,β-unsaturated/α-hetero) is 1. The molecule has 0 aromatic heterocycles. The van der Waals surface area contributed by atoms with Crippen molar-refractivity contribution in [2.75, 3.05) is 12.0 Å². The number of ketones is 1. The van der Waals surface area contributed by atoms with Crippen LogP contribution in [0.15, 0.2) is 0 Å². The van der Waals surface area contributed by atoms with E-state index in [-0.39, 0.29) is 6.42 Å². The lowest BCUT2D eigenvalue weighted by Gasteiger charge is -1.91. The van der Waals surface area contributed by atoms with Crippen molar-refractivity contribution in [2.45, 2.75) is 6.42 Å². The van der Waals surface area contributed by atoms with Crippen molar-refractivity contribution in [3.05, 3.63) is 0 Å². The molecule has 0 fully saturated rings. The van der Waals surface area contributed by atoms with Gasteiger partial charge in [0.25, 0.3) is 0 Å². The molecule has 56 valence electrons. The van der Waals surface area contributed by atoms with E-state index >= 15 is 0 Å². The van der Waals surface area contributed by atoms with E-state index < -0.39 is 21.4 Å². The highest BCUT2D eigenvalue weighted by molar-refractivity contribution is 7.91. The first-order chi connectivity index (χ1) is 4.45. The van der Waals surface area contributed by atoms with Crippen molar-refractivity contribution in [3.8, 4) is 12.3 Å². The molecular weight excluding hydrogens is 152 g/mol. The fourth-order valence-corrected chi connectivity index (χ4v) is 1.14. The Hall–Kier alpha value is -0.820. The number of carbonyl (C=O) groups excluding carboxylic acids is 1. The minimum Gasteiger partial charge on any atom is -0.297 e. The Morgan fingerprint density at radius 2 is 2.10 bits per heavy atom. The van der Waals surface area contributed by atoms with Gasteiger partial charge in [0, 0.05) is 6.26 Å². The molecule has 0 bridgehead atoms. The molecule has 0 amide bonds. The second-order valence-electron chi connectivity index (χ2n) is 1.99. The van der Waals surface area contributed by atoms with Crippen LogP contribution < -0.4 is 0 Å². The van der Waals surface area contributed by atoms with Crippen LogP contribution in [0.5, 0.6) is 0 Å². The molecule has 0 N–H and O–H groups in total. The van der Waals surface area contributed by atoms with Gasteiger partial charge < -0.3 is 0 Å². The molecule has 4 heteroatoms. The SMILES string of the molecule is C#CCC(=O)CS(C)(=O)=O. The summed E-state index contributed by atoms with van der Waals surface area (Å²) in [4.78, 5) is 10.5. The Balaban J connectivity index is 3.97. The van der Waals surface area contributed by atoms with E-state index in [1.807, 2.05) is 0 Å². The lowest BCUT2D eigenvalue weighted by Crippen LogP contribution is -2.13. The summed E-state index contributed by atoms with van der Waals surface area (Å²) in [6, 6.07) is 0. The first-order valence-corrected chi connectivity index (χ1v) is 4.64. The molecular formula is C6H8O3S. The van der Waals surface area contributed by atoms with Crippen molar-refractivity contribution < 1.29 is 13.2 Å². The summed E-state index contributed by atoms with van der Waals surface area (Å²) in [7, 11) is -3.19. The summed E-state index contributed by atoms with van der Waals surface area (Å²) in [5, 5.41) is 0. The van der Waals surface area contributed by atoms with E-state index in [9.17, 15) is 13.2 Å². The normalized spacial score (nSPS) is 10.4. The van der Waals surface area contributed by atoms with Gasteiger partial charge in [0.05, 0.1) is 6.42 Å². The summed E-state index contributed by atoms with van der Waals surface area (Å²) in [6.07, 6.45) is 5.68. The molecule has 0 aromatic rings. The Morgan fingerprint density at radius 3 is 2.40 bits per heavy atom. The van der Waals surface area contributed by atoms with Crippen molar-refractivity contribution in [3.63, 3.8) is 0 Å². The van der Waals surface area contributed by atoms with Gasteiger partial charge in [0.1, 0.15) is 5.75 Å². The van der Waals surface area contributed by atoms with Gasteiger partial charge >= 0.3 is 0 Å².